The number of nitrogens with one attached hydrogen (secondary N) is 4. The van der Waals surface area contributed by atoms with Crippen LogP contribution in [0.3, 0.4) is 0 Å². The molecule has 2 aliphatic heterocycles. The van der Waals surface area contributed by atoms with Gasteiger partial charge >= 0.3 is 12.2 Å². The Morgan fingerprint density at radius 1 is 1.10 bits per heavy atom. The summed E-state index contributed by atoms with van der Waals surface area (Å²) < 4.78 is 80.9. The molecule has 0 radical (unpaired) electrons. The van der Waals surface area contributed by atoms with E-state index in [0.717, 1.165) is 19.2 Å². The summed E-state index contributed by atoms with van der Waals surface area (Å²) in [5.74, 6) is -2.67. The van der Waals surface area contributed by atoms with Gasteiger partial charge in [0, 0.05) is 23.9 Å². The Labute approximate surface area is 336 Å². The van der Waals surface area contributed by atoms with Crippen LogP contribution < -0.4 is 30.1 Å². The van der Waals surface area contributed by atoms with Crippen molar-refractivity contribution >= 4 is 44.5 Å². The molecule has 18 heteroatoms. The molecule has 58 heavy (non-hydrogen) atoms. The Hall–Kier alpha value is -4.61. The molecule has 6 rings (SSSR count). The first kappa shape index (κ1) is 43.0. The molecule has 4 aliphatic rings. The van der Waals surface area contributed by atoms with Gasteiger partial charge in [-0.05, 0) is 108 Å². The van der Waals surface area contributed by atoms with E-state index >= 15 is 0 Å². The van der Waals surface area contributed by atoms with Crippen molar-refractivity contribution in [3.8, 4) is 11.6 Å². The van der Waals surface area contributed by atoms with Gasteiger partial charge in [0.25, 0.3) is 5.91 Å². The number of halogens is 3. The summed E-state index contributed by atoms with van der Waals surface area (Å²) in [7, 11) is -4.07. The van der Waals surface area contributed by atoms with E-state index in [9.17, 15) is 40.8 Å². The lowest BCUT2D eigenvalue weighted by molar-refractivity contribution is -0.182. The van der Waals surface area contributed by atoms with Crippen LogP contribution in [0.5, 0.6) is 11.6 Å². The van der Waals surface area contributed by atoms with Gasteiger partial charge in [-0.15, -0.1) is 0 Å². The van der Waals surface area contributed by atoms with Crippen LogP contribution in [0.15, 0.2) is 42.6 Å². The second kappa shape index (κ2) is 15.9. The maximum Gasteiger partial charge on any atom is 0.411 e. The molecule has 2 aliphatic carbocycles. The summed E-state index contributed by atoms with van der Waals surface area (Å²) in [6.45, 7) is 8.96. The van der Waals surface area contributed by atoms with E-state index in [1.165, 1.54) is 4.90 Å². The van der Waals surface area contributed by atoms with Crippen LogP contribution in [0.2, 0.25) is 0 Å². The lowest BCUT2D eigenvalue weighted by Gasteiger charge is -2.34. The van der Waals surface area contributed by atoms with Crippen molar-refractivity contribution in [3.63, 3.8) is 0 Å². The largest absolute Gasteiger partial charge is 0.494 e. The minimum atomic E-state index is -4.80. The molecule has 2 unspecified atom stereocenters. The molecule has 0 bridgehead atoms. The highest BCUT2D eigenvalue weighted by Crippen LogP contribution is 2.47. The third-order valence-corrected chi connectivity index (χ3v) is 14.1. The topological polar surface area (TPSA) is 185 Å². The van der Waals surface area contributed by atoms with Crippen molar-refractivity contribution in [3.05, 3.63) is 42.6 Å². The van der Waals surface area contributed by atoms with E-state index in [1.54, 1.807) is 44.3 Å². The van der Waals surface area contributed by atoms with Crippen LogP contribution in [0.25, 0.3) is 10.8 Å². The standard InChI is InChI=1S/C40H53F3N6O8S/c1-7-56-27-12-13-29-25(19-27)14-17-44-33(29)57-28-20-30-32(50)46-39(35(52)48-58(54,55)38(6)15-16-38)21-26(39)11-9-8-10-23(2)18-24(3)31(34(51)49(30)22-28)45-36(53)47-37(4,5)40(41,42)43/h9,11-14,17,19,23-24,26,28,30-31H,7-8,10,15-16,18,20-22H2,1-6H3,(H,46,50)(H,48,52)(H2,45,47,53)/b11-9-/t23-,24-,26?,28-,30+,31+,39?/m1/s1. The number of fused-ring (bicyclic) bond motifs is 3. The summed E-state index contributed by atoms with van der Waals surface area (Å²) in [6.07, 6.45) is 1.95. The molecule has 0 spiro atoms. The van der Waals surface area contributed by atoms with Crippen LogP contribution in [0.4, 0.5) is 18.0 Å². The molecule has 1 aromatic carbocycles. The maximum atomic E-state index is 14.8. The molecule has 14 nitrogen and oxygen atoms in total. The number of carbonyl (C=O) groups is 4. The summed E-state index contributed by atoms with van der Waals surface area (Å²) in [6, 6.07) is 3.25. The first-order valence-corrected chi connectivity index (χ1v) is 21.3. The van der Waals surface area contributed by atoms with Gasteiger partial charge in [0.2, 0.25) is 27.7 Å². The van der Waals surface area contributed by atoms with Gasteiger partial charge in [0.05, 0.1) is 17.9 Å². The van der Waals surface area contributed by atoms with Gasteiger partial charge in [-0.3, -0.25) is 19.1 Å². The molecule has 1 saturated heterocycles. The number of rotatable bonds is 9. The van der Waals surface area contributed by atoms with E-state index in [1.807, 2.05) is 31.3 Å². The SMILES string of the molecule is CCOc1ccc2c(O[C@@H]3C[C@H]4C(=O)NC5(C(=O)NS(=O)(=O)C6(C)CC6)CC5/C=C\CC[C@@H](C)C[C@@H](C)[C@H](NC(=O)NC(C)(C)C(F)(F)F)C(=O)N4C3)nccc2c1. The number of benzene rings is 1. The van der Waals surface area contributed by atoms with E-state index in [0.29, 0.717) is 49.8 Å². The van der Waals surface area contributed by atoms with Gasteiger partial charge in [0.15, 0.2) is 0 Å². The quantitative estimate of drug-likeness (QED) is 0.256. The molecular weight excluding hydrogens is 782 g/mol. The fourth-order valence-corrected chi connectivity index (χ4v) is 9.08. The first-order valence-electron chi connectivity index (χ1n) is 19.8. The number of aromatic nitrogens is 1. The van der Waals surface area contributed by atoms with E-state index in [2.05, 4.69) is 20.3 Å². The van der Waals surface area contributed by atoms with Gasteiger partial charge < -0.3 is 30.3 Å². The summed E-state index contributed by atoms with van der Waals surface area (Å²) in [5, 5.41) is 8.63. The van der Waals surface area contributed by atoms with E-state index < -0.39 is 85.8 Å². The number of pyridine rings is 1. The summed E-state index contributed by atoms with van der Waals surface area (Å²) in [4.78, 5) is 62.1. The van der Waals surface area contributed by atoms with E-state index in [4.69, 9.17) is 9.47 Å². The molecule has 2 aromatic rings. The molecule has 5 amide bonds. The van der Waals surface area contributed by atoms with Crippen LogP contribution in [0, 0.1) is 17.8 Å². The number of hydrogen-bond acceptors (Lipinski definition) is 9. The number of urea groups is 1. The Balaban J connectivity index is 1.35. The van der Waals surface area contributed by atoms with Crippen molar-refractivity contribution in [2.75, 3.05) is 13.2 Å². The normalized spacial score (nSPS) is 29.4. The molecule has 3 fully saturated rings. The van der Waals surface area contributed by atoms with Crippen molar-refractivity contribution in [2.45, 2.75) is 127 Å². The van der Waals surface area contributed by atoms with Gasteiger partial charge in [-0.25, -0.2) is 18.2 Å². The molecule has 4 N–H and O–H groups in total. The zero-order valence-electron chi connectivity index (χ0n) is 33.6. The zero-order valence-corrected chi connectivity index (χ0v) is 34.4. The number of carbonyl (C=O) groups excluding carboxylic acids is 4. The highest BCUT2D eigenvalue weighted by atomic mass is 32.2. The number of allylic oxidation sites excluding steroid dienone is 1. The molecular formula is C40H53F3N6O8S. The van der Waals surface area contributed by atoms with E-state index in [-0.39, 0.29) is 31.2 Å². The number of nitrogens with zero attached hydrogens (tertiary/aromatic N) is 2. The lowest BCUT2D eigenvalue weighted by atomic mass is 9.88. The summed E-state index contributed by atoms with van der Waals surface area (Å²) >= 11 is 0. The van der Waals surface area contributed by atoms with Crippen molar-refractivity contribution in [1.29, 1.82) is 0 Å². The van der Waals surface area contributed by atoms with Gasteiger partial charge in [0.1, 0.15) is 35.0 Å². The number of hydrogen-bond donors (Lipinski definition) is 4. The van der Waals surface area contributed by atoms with Gasteiger partial charge in [-0.1, -0.05) is 26.0 Å². The number of sulfonamides is 1. The Kier molecular flexibility index (Phi) is 11.8. The summed E-state index contributed by atoms with van der Waals surface area (Å²) in [5.41, 5.74) is -4.26. The van der Waals surface area contributed by atoms with Gasteiger partial charge in [-0.2, -0.15) is 13.2 Å². The lowest BCUT2D eigenvalue weighted by Crippen LogP contribution is -2.62. The van der Waals surface area contributed by atoms with Crippen LogP contribution in [-0.4, -0.2) is 95.4 Å². The second-order valence-electron chi connectivity index (χ2n) is 17.1. The minimum absolute atomic E-state index is 0.0147. The Morgan fingerprint density at radius 2 is 1.83 bits per heavy atom. The van der Waals surface area contributed by atoms with Crippen LogP contribution >= 0.6 is 0 Å². The number of amides is 5. The predicted octanol–water partition coefficient (Wildman–Crippen LogP) is 4.88. The second-order valence-corrected chi connectivity index (χ2v) is 19.3. The van der Waals surface area contributed by atoms with Crippen molar-refractivity contribution in [2.24, 2.45) is 17.8 Å². The minimum Gasteiger partial charge on any atom is -0.494 e. The third kappa shape index (κ3) is 8.86. The maximum absolute atomic E-state index is 14.8. The number of alkyl halides is 3. The van der Waals surface area contributed by atoms with Crippen molar-refractivity contribution in [1.82, 2.24) is 30.6 Å². The fraction of sp³-hybridized carbons (Fsp3) is 0.625. The third-order valence-electron chi connectivity index (χ3n) is 12.0. The smallest absolute Gasteiger partial charge is 0.411 e. The highest BCUT2D eigenvalue weighted by molar-refractivity contribution is 7.91. The average Bonchev–Trinajstić information content (AvgIpc) is 4.01. The molecule has 318 valence electrons. The molecule has 2 saturated carbocycles. The Morgan fingerprint density at radius 3 is 2.50 bits per heavy atom. The monoisotopic (exact) mass is 834 g/mol. The first-order chi connectivity index (χ1) is 27.1. The average molecular weight is 835 g/mol. The Bertz CT molecular complexity index is 2080. The molecule has 3 heterocycles. The van der Waals surface area contributed by atoms with Crippen molar-refractivity contribution < 1.29 is 50.2 Å². The number of ether oxygens (including phenoxy) is 2. The fourth-order valence-electron chi connectivity index (χ4n) is 7.77. The predicted molar refractivity (Wildman–Crippen MR) is 208 cm³/mol. The van der Waals surface area contributed by atoms with Crippen LogP contribution in [-0.2, 0) is 24.4 Å². The molecule has 7 atom stereocenters. The van der Waals surface area contributed by atoms with Crippen LogP contribution in [0.1, 0.15) is 86.5 Å². The molecule has 1 aromatic heterocycles. The highest BCUT2D eigenvalue weighted by Gasteiger charge is 2.63. The zero-order chi connectivity index (χ0) is 42.4.